The average Bonchev–Trinajstić information content (AvgIpc) is 2.40. The van der Waals surface area contributed by atoms with Gasteiger partial charge in [-0.1, -0.05) is 32.1 Å². The van der Waals surface area contributed by atoms with E-state index in [-0.39, 0.29) is 0 Å². The largest absolute Gasteiger partial charge is 0.394 e. The van der Waals surface area contributed by atoms with E-state index in [1.54, 1.807) is 14.2 Å². The van der Waals surface area contributed by atoms with Crippen LogP contribution >= 0.6 is 0 Å². The molecule has 0 saturated heterocycles. The van der Waals surface area contributed by atoms with Crippen molar-refractivity contribution >= 4 is 9.28 Å². The summed E-state index contributed by atoms with van der Waals surface area (Å²) in [6, 6.07) is 1.15. The average molecular weight is 276 g/mol. The number of hydrogen-bond acceptors (Lipinski definition) is 4. The highest BCUT2D eigenvalue weighted by molar-refractivity contribution is 6.44. The molecule has 108 valence electrons. The maximum atomic E-state index is 5.87. The Morgan fingerprint density at radius 3 is 1.89 bits per heavy atom. The molecule has 0 aromatic carbocycles. The first-order chi connectivity index (χ1) is 8.86. The lowest BCUT2D eigenvalue weighted by Crippen LogP contribution is -2.29. The zero-order valence-corrected chi connectivity index (χ0v) is 13.0. The Morgan fingerprint density at radius 2 is 1.39 bits per heavy atom. The lowest BCUT2D eigenvalue weighted by Gasteiger charge is -2.25. The molecular formula is C13H28O4Si. The summed E-state index contributed by atoms with van der Waals surface area (Å²) in [7, 11) is 1.87. The highest BCUT2D eigenvalue weighted by atomic mass is 28.3. The maximum absolute atomic E-state index is 5.87. The molecule has 18 heavy (non-hydrogen) atoms. The molecule has 0 spiro atoms. The van der Waals surface area contributed by atoms with Crippen molar-refractivity contribution < 1.29 is 18.3 Å². The summed E-state index contributed by atoms with van der Waals surface area (Å²) in [6.45, 7) is 2.63. The molecule has 1 aliphatic carbocycles. The Kier molecular flexibility index (Phi) is 9.79. The van der Waals surface area contributed by atoms with Gasteiger partial charge in [-0.3, -0.25) is 0 Å². The fourth-order valence-electron chi connectivity index (χ4n) is 2.40. The van der Waals surface area contributed by atoms with Crippen LogP contribution in [-0.4, -0.2) is 49.9 Å². The zero-order chi connectivity index (χ0) is 13.1. The zero-order valence-electron chi connectivity index (χ0n) is 11.9. The van der Waals surface area contributed by atoms with Gasteiger partial charge in [-0.15, -0.1) is 0 Å². The third-order valence-electron chi connectivity index (χ3n) is 3.43. The minimum absolute atomic E-state index is 0.655. The van der Waals surface area contributed by atoms with E-state index in [1.165, 1.54) is 32.1 Å². The van der Waals surface area contributed by atoms with Crippen molar-refractivity contribution in [3.8, 4) is 0 Å². The molecule has 0 aromatic rings. The molecule has 1 fully saturated rings. The van der Waals surface area contributed by atoms with Crippen LogP contribution < -0.4 is 0 Å². The molecule has 0 aromatic heterocycles. The molecule has 5 heteroatoms. The normalized spacial score (nSPS) is 17.5. The van der Waals surface area contributed by atoms with Gasteiger partial charge >= 0.3 is 9.28 Å². The van der Waals surface area contributed by atoms with E-state index in [0.717, 1.165) is 12.0 Å². The minimum Gasteiger partial charge on any atom is -0.394 e. The molecule has 0 aliphatic heterocycles. The first-order valence-electron chi connectivity index (χ1n) is 7.08. The topological polar surface area (TPSA) is 36.9 Å². The van der Waals surface area contributed by atoms with Crippen molar-refractivity contribution in [3.05, 3.63) is 0 Å². The van der Waals surface area contributed by atoms with E-state index in [0.29, 0.717) is 26.4 Å². The summed E-state index contributed by atoms with van der Waals surface area (Å²) >= 11 is 0. The Labute approximate surface area is 113 Å². The second-order valence-electron chi connectivity index (χ2n) is 4.90. The molecule has 1 aliphatic rings. The van der Waals surface area contributed by atoms with Crippen LogP contribution in [0.1, 0.15) is 32.1 Å². The van der Waals surface area contributed by atoms with Crippen molar-refractivity contribution in [1.82, 2.24) is 0 Å². The Morgan fingerprint density at radius 1 is 0.833 bits per heavy atom. The SMILES string of the molecule is COCCO[SiH](CC1CCCCC1)OCCOC. The fourth-order valence-corrected chi connectivity index (χ4v) is 4.51. The van der Waals surface area contributed by atoms with E-state index >= 15 is 0 Å². The van der Waals surface area contributed by atoms with Crippen molar-refractivity contribution in [2.45, 2.75) is 38.1 Å². The smallest absolute Gasteiger partial charge is 0.321 e. The van der Waals surface area contributed by atoms with E-state index < -0.39 is 9.28 Å². The monoisotopic (exact) mass is 276 g/mol. The summed E-state index contributed by atoms with van der Waals surface area (Å²) in [5.41, 5.74) is 0. The summed E-state index contributed by atoms with van der Waals surface area (Å²) in [5, 5.41) is 0. The molecular weight excluding hydrogens is 248 g/mol. The first-order valence-corrected chi connectivity index (χ1v) is 8.83. The predicted molar refractivity (Wildman–Crippen MR) is 74.2 cm³/mol. The maximum Gasteiger partial charge on any atom is 0.321 e. The Bertz CT molecular complexity index is 176. The van der Waals surface area contributed by atoms with Gasteiger partial charge in [0.25, 0.3) is 0 Å². The highest BCUT2D eigenvalue weighted by Gasteiger charge is 2.22. The van der Waals surface area contributed by atoms with E-state index in [4.69, 9.17) is 18.3 Å². The van der Waals surface area contributed by atoms with Gasteiger partial charge in [0, 0.05) is 14.2 Å². The summed E-state index contributed by atoms with van der Waals surface area (Å²) in [5.74, 6) is 0.820. The van der Waals surface area contributed by atoms with Crippen molar-refractivity contribution in [2.75, 3.05) is 40.6 Å². The predicted octanol–water partition coefficient (Wildman–Crippen LogP) is 2.11. The van der Waals surface area contributed by atoms with E-state index in [2.05, 4.69) is 0 Å². The molecule has 4 nitrogen and oxygen atoms in total. The van der Waals surface area contributed by atoms with Crippen LogP contribution in [0.5, 0.6) is 0 Å². The van der Waals surface area contributed by atoms with Crippen LogP contribution in [-0.2, 0) is 18.3 Å². The molecule has 0 atom stereocenters. The van der Waals surface area contributed by atoms with Gasteiger partial charge in [0.2, 0.25) is 0 Å². The van der Waals surface area contributed by atoms with Gasteiger partial charge in [-0.2, -0.15) is 0 Å². The van der Waals surface area contributed by atoms with Crippen molar-refractivity contribution in [1.29, 1.82) is 0 Å². The molecule has 0 radical (unpaired) electrons. The van der Waals surface area contributed by atoms with Gasteiger partial charge in [0.1, 0.15) is 0 Å². The number of rotatable bonds is 10. The third kappa shape index (κ3) is 7.48. The molecule has 0 bridgehead atoms. The standard InChI is InChI=1S/C13H28O4Si/c1-14-8-10-16-18(17-11-9-15-2)12-13-6-4-3-5-7-13/h13,18H,3-12H2,1-2H3. The van der Waals surface area contributed by atoms with Gasteiger partial charge in [-0.05, 0) is 12.0 Å². The Hall–Kier alpha value is 0.0569. The summed E-state index contributed by atoms with van der Waals surface area (Å²) < 4.78 is 21.8. The van der Waals surface area contributed by atoms with Gasteiger partial charge in [0.05, 0.1) is 26.4 Å². The number of methoxy groups -OCH3 is 2. The van der Waals surface area contributed by atoms with Gasteiger partial charge < -0.3 is 18.3 Å². The Balaban J connectivity index is 2.22. The summed E-state index contributed by atoms with van der Waals surface area (Å²) in [6.07, 6.45) is 6.86. The second-order valence-corrected chi connectivity index (χ2v) is 6.89. The van der Waals surface area contributed by atoms with Crippen molar-refractivity contribution in [2.24, 2.45) is 5.92 Å². The van der Waals surface area contributed by atoms with E-state index in [9.17, 15) is 0 Å². The van der Waals surface area contributed by atoms with Crippen molar-refractivity contribution in [3.63, 3.8) is 0 Å². The minimum atomic E-state index is -1.53. The van der Waals surface area contributed by atoms with Crippen LogP contribution in [0.25, 0.3) is 0 Å². The quantitative estimate of drug-likeness (QED) is 0.452. The fraction of sp³-hybridized carbons (Fsp3) is 1.00. The number of ether oxygens (including phenoxy) is 2. The molecule has 0 heterocycles. The van der Waals surface area contributed by atoms with Gasteiger partial charge in [0.15, 0.2) is 0 Å². The van der Waals surface area contributed by atoms with Gasteiger partial charge in [-0.25, -0.2) is 0 Å². The first kappa shape index (κ1) is 16.1. The van der Waals surface area contributed by atoms with Crippen LogP contribution in [0.3, 0.4) is 0 Å². The molecule has 1 rings (SSSR count). The third-order valence-corrected chi connectivity index (χ3v) is 5.70. The molecule has 0 amide bonds. The lowest BCUT2D eigenvalue weighted by molar-refractivity contribution is 0.0972. The van der Waals surface area contributed by atoms with Crippen LogP contribution in [0.15, 0.2) is 0 Å². The number of hydrogen-bond donors (Lipinski definition) is 0. The van der Waals surface area contributed by atoms with Crippen LogP contribution in [0.2, 0.25) is 6.04 Å². The second kappa shape index (κ2) is 10.9. The van der Waals surface area contributed by atoms with Crippen LogP contribution in [0.4, 0.5) is 0 Å². The highest BCUT2D eigenvalue weighted by Crippen LogP contribution is 2.28. The summed E-state index contributed by atoms with van der Waals surface area (Å²) in [4.78, 5) is 0. The molecule has 0 unspecified atom stereocenters. The van der Waals surface area contributed by atoms with Crippen LogP contribution in [0, 0.1) is 5.92 Å². The van der Waals surface area contributed by atoms with E-state index in [1.807, 2.05) is 0 Å². The lowest BCUT2D eigenvalue weighted by atomic mass is 9.91. The molecule has 1 saturated carbocycles. The molecule has 0 N–H and O–H groups in total.